The Morgan fingerprint density at radius 2 is 2.18 bits per heavy atom. The van der Waals surface area contributed by atoms with Gasteiger partial charge in [0.05, 0.1) is 6.61 Å². The van der Waals surface area contributed by atoms with E-state index in [0.717, 1.165) is 45.7 Å². The average Bonchev–Trinajstić information content (AvgIpc) is 3.04. The van der Waals surface area contributed by atoms with Crippen LogP contribution in [0.5, 0.6) is 0 Å². The maximum atomic E-state index is 12.2. The molecule has 2 aliphatic heterocycles. The molecule has 0 spiro atoms. The van der Waals surface area contributed by atoms with Crippen molar-refractivity contribution in [2.45, 2.75) is 38.8 Å². The summed E-state index contributed by atoms with van der Waals surface area (Å²) in [6.07, 6.45) is 6.76. The number of piperidine rings is 1. The third-order valence-corrected chi connectivity index (χ3v) is 4.72. The van der Waals surface area contributed by atoms with Crippen molar-refractivity contribution < 1.29 is 4.74 Å². The second-order valence-electron chi connectivity index (χ2n) is 6.32. The number of nitrogens with one attached hydrogen (secondary N) is 1. The van der Waals surface area contributed by atoms with E-state index >= 15 is 0 Å². The van der Waals surface area contributed by atoms with Crippen LogP contribution in [0, 0.1) is 5.92 Å². The number of anilines is 1. The zero-order valence-electron chi connectivity index (χ0n) is 13.3. The van der Waals surface area contributed by atoms with E-state index < -0.39 is 0 Å². The lowest BCUT2D eigenvalue weighted by atomic mass is 10.0. The molecule has 6 heteroatoms. The lowest BCUT2D eigenvalue weighted by Crippen LogP contribution is -2.42. The number of nitrogens with zero attached hydrogens (tertiary/aromatic N) is 3. The predicted octanol–water partition coefficient (Wildman–Crippen LogP) is 1.18. The quantitative estimate of drug-likeness (QED) is 0.885. The Bertz CT molecular complexity index is 531. The molecule has 2 saturated heterocycles. The van der Waals surface area contributed by atoms with Gasteiger partial charge >= 0.3 is 0 Å². The molecule has 1 aromatic heterocycles. The van der Waals surface area contributed by atoms with Crippen molar-refractivity contribution in [3.63, 3.8) is 0 Å². The Morgan fingerprint density at radius 3 is 2.86 bits per heavy atom. The molecule has 22 heavy (non-hydrogen) atoms. The molecule has 6 nitrogen and oxygen atoms in total. The lowest BCUT2D eigenvalue weighted by Gasteiger charge is -2.33. The first kappa shape index (κ1) is 15.5. The Hall–Kier alpha value is -1.40. The van der Waals surface area contributed by atoms with E-state index in [2.05, 4.69) is 15.2 Å². The van der Waals surface area contributed by atoms with Gasteiger partial charge in [-0.1, -0.05) is 0 Å². The van der Waals surface area contributed by atoms with E-state index in [9.17, 15) is 4.79 Å². The minimum Gasteiger partial charge on any atom is -0.381 e. The first-order valence-electron chi connectivity index (χ1n) is 8.38. The van der Waals surface area contributed by atoms with Crippen LogP contribution in [0.25, 0.3) is 0 Å². The Morgan fingerprint density at radius 1 is 1.36 bits per heavy atom. The zero-order valence-corrected chi connectivity index (χ0v) is 13.3. The SMILES string of the molecule is CCn1ccnc(NC2CCN(C[C@H]3CCOC3)CC2)c1=O. The highest BCUT2D eigenvalue weighted by atomic mass is 16.5. The van der Waals surface area contributed by atoms with Crippen molar-refractivity contribution in [1.82, 2.24) is 14.5 Å². The number of aromatic nitrogens is 2. The molecule has 1 atom stereocenters. The number of ether oxygens (including phenoxy) is 1. The lowest BCUT2D eigenvalue weighted by molar-refractivity contribution is 0.154. The van der Waals surface area contributed by atoms with E-state index in [1.807, 2.05) is 6.92 Å². The van der Waals surface area contributed by atoms with Gasteiger partial charge in [0.2, 0.25) is 0 Å². The third kappa shape index (κ3) is 3.67. The second kappa shape index (κ2) is 7.24. The van der Waals surface area contributed by atoms with Gasteiger partial charge in [-0.3, -0.25) is 4.79 Å². The fourth-order valence-corrected chi connectivity index (χ4v) is 3.34. The summed E-state index contributed by atoms with van der Waals surface area (Å²) in [4.78, 5) is 18.9. The molecule has 2 aliphatic rings. The Labute approximate surface area is 131 Å². The van der Waals surface area contributed by atoms with Crippen LogP contribution >= 0.6 is 0 Å². The molecule has 0 bridgehead atoms. The molecule has 1 N–H and O–H groups in total. The molecular weight excluding hydrogens is 280 g/mol. The van der Waals surface area contributed by atoms with E-state index in [-0.39, 0.29) is 5.56 Å². The summed E-state index contributed by atoms with van der Waals surface area (Å²) in [6, 6.07) is 0.351. The standard InChI is InChI=1S/C16H26N4O2/c1-2-20-9-6-17-15(16(20)21)18-14-3-7-19(8-4-14)11-13-5-10-22-12-13/h6,9,13-14H,2-5,7-8,10-12H2,1H3,(H,17,18)/t13-/m1/s1. The smallest absolute Gasteiger partial charge is 0.293 e. The summed E-state index contributed by atoms with van der Waals surface area (Å²) in [5.74, 6) is 1.20. The molecular formula is C16H26N4O2. The van der Waals surface area contributed by atoms with Crippen LogP contribution in [0.1, 0.15) is 26.2 Å². The van der Waals surface area contributed by atoms with Crippen molar-refractivity contribution in [3.8, 4) is 0 Å². The van der Waals surface area contributed by atoms with E-state index in [1.54, 1.807) is 17.0 Å². The topological polar surface area (TPSA) is 59.4 Å². The van der Waals surface area contributed by atoms with Gasteiger partial charge in [0.1, 0.15) is 0 Å². The van der Waals surface area contributed by atoms with Gasteiger partial charge in [0.15, 0.2) is 5.82 Å². The molecule has 0 saturated carbocycles. The van der Waals surface area contributed by atoms with Crippen LogP contribution in [-0.4, -0.2) is 53.3 Å². The molecule has 0 amide bonds. The highest BCUT2D eigenvalue weighted by Crippen LogP contribution is 2.18. The van der Waals surface area contributed by atoms with Gasteiger partial charge < -0.3 is 19.5 Å². The molecule has 0 radical (unpaired) electrons. The molecule has 1 aromatic rings. The van der Waals surface area contributed by atoms with Crippen molar-refractivity contribution in [1.29, 1.82) is 0 Å². The molecule has 3 heterocycles. The van der Waals surface area contributed by atoms with Crippen molar-refractivity contribution in [2.75, 3.05) is 38.2 Å². The number of hydrogen-bond acceptors (Lipinski definition) is 5. The van der Waals surface area contributed by atoms with Crippen LogP contribution < -0.4 is 10.9 Å². The van der Waals surface area contributed by atoms with Gasteiger partial charge in [0, 0.05) is 51.2 Å². The maximum Gasteiger partial charge on any atom is 0.293 e. The van der Waals surface area contributed by atoms with Gasteiger partial charge in [-0.15, -0.1) is 0 Å². The van der Waals surface area contributed by atoms with Crippen molar-refractivity contribution in [3.05, 3.63) is 22.7 Å². The van der Waals surface area contributed by atoms with Gasteiger partial charge in [0.25, 0.3) is 5.56 Å². The molecule has 0 aromatic carbocycles. The normalized spacial score (nSPS) is 23.8. The fraction of sp³-hybridized carbons (Fsp3) is 0.750. The molecule has 0 aliphatic carbocycles. The number of aryl methyl sites for hydroxylation is 1. The number of likely N-dealkylation sites (tertiary alicyclic amines) is 1. The predicted molar refractivity (Wildman–Crippen MR) is 86.2 cm³/mol. The fourth-order valence-electron chi connectivity index (χ4n) is 3.34. The van der Waals surface area contributed by atoms with Gasteiger partial charge in [-0.2, -0.15) is 0 Å². The second-order valence-corrected chi connectivity index (χ2v) is 6.32. The van der Waals surface area contributed by atoms with Crippen LogP contribution in [0.15, 0.2) is 17.2 Å². The number of rotatable bonds is 5. The molecule has 3 rings (SSSR count). The van der Waals surface area contributed by atoms with Crippen molar-refractivity contribution >= 4 is 5.82 Å². The zero-order chi connectivity index (χ0) is 15.4. The summed E-state index contributed by atoms with van der Waals surface area (Å²) in [7, 11) is 0. The molecule has 2 fully saturated rings. The maximum absolute atomic E-state index is 12.2. The van der Waals surface area contributed by atoms with Gasteiger partial charge in [-0.25, -0.2) is 4.98 Å². The average molecular weight is 306 g/mol. The highest BCUT2D eigenvalue weighted by molar-refractivity contribution is 5.32. The van der Waals surface area contributed by atoms with Crippen LogP contribution in [-0.2, 0) is 11.3 Å². The van der Waals surface area contributed by atoms with Gasteiger partial charge in [-0.05, 0) is 32.1 Å². The third-order valence-electron chi connectivity index (χ3n) is 4.72. The first-order valence-corrected chi connectivity index (χ1v) is 8.38. The van der Waals surface area contributed by atoms with Crippen LogP contribution in [0.2, 0.25) is 0 Å². The Balaban J connectivity index is 1.50. The first-order chi connectivity index (χ1) is 10.8. The minimum atomic E-state index is -0.0180. The van der Waals surface area contributed by atoms with E-state index in [4.69, 9.17) is 4.74 Å². The summed E-state index contributed by atoms with van der Waals surface area (Å²) in [6.45, 7) is 7.81. The summed E-state index contributed by atoms with van der Waals surface area (Å²) >= 11 is 0. The largest absolute Gasteiger partial charge is 0.381 e. The van der Waals surface area contributed by atoms with E-state index in [1.165, 1.54) is 6.42 Å². The summed E-state index contributed by atoms with van der Waals surface area (Å²) in [5, 5.41) is 3.34. The van der Waals surface area contributed by atoms with E-state index in [0.29, 0.717) is 24.3 Å². The molecule has 122 valence electrons. The monoisotopic (exact) mass is 306 g/mol. The summed E-state index contributed by atoms with van der Waals surface area (Å²) < 4.78 is 7.13. The Kier molecular flexibility index (Phi) is 5.10. The van der Waals surface area contributed by atoms with Crippen LogP contribution in [0.4, 0.5) is 5.82 Å². The minimum absolute atomic E-state index is 0.0180. The van der Waals surface area contributed by atoms with Crippen LogP contribution in [0.3, 0.4) is 0 Å². The highest BCUT2D eigenvalue weighted by Gasteiger charge is 2.24. The van der Waals surface area contributed by atoms with Crippen molar-refractivity contribution in [2.24, 2.45) is 5.92 Å². The molecule has 0 unspecified atom stereocenters. The number of hydrogen-bond donors (Lipinski definition) is 1. The summed E-state index contributed by atoms with van der Waals surface area (Å²) in [5.41, 5.74) is -0.0180.